The lowest BCUT2D eigenvalue weighted by Gasteiger charge is -2.17. The number of phenolic OH excluding ortho intramolecular Hbond substituents is 1. The Labute approximate surface area is 215 Å². The van der Waals surface area contributed by atoms with Crippen LogP contribution in [-0.4, -0.2) is 38.1 Å². The van der Waals surface area contributed by atoms with Gasteiger partial charge in [0, 0.05) is 34.4 Å². The van der Waals surface area contributed by atoms with Gasteiger partial charge in [-0.3, -0.25) is 15.0 Å². The summed E-state index contributed by atoms with van der Waals surface area (Å²) in [6.07, 6.45) is -0.227. The quantitative estimate of drug-likeness (QED) is 0.124. The number of phenols is 1. The zero-order valence-electron chi connectivity index (χ0n) is 19.1. The number of halogens is 1. The Bertz CT molecular complexity index is 1460. The second-order valence-electron chi connectivity index (χ2n) is 8.61. The molecule has 0 aliphatic carbocycles. The van der Waals surface area contributed by atoms with Gasteiger partial charge in [-0.25, -0.2) is 0 Å². The molecule has 7 N–H and O–H groups in total. The van der Waals surface area contributed by atoms with E-state index in [9.17, 15) is 24.9 Å². The van der Waals surface area contributed by atoms with Gasteiger partial charge >= 0.3 is 11.9 Å². The van der Waals surface area contributed by atoms with Crippen molar-refractivity contribution in [1.29, 1.82) is 5.41 Å². The molecule has 0 radical (unpaired) electrons. The van der Waals surface area contributed by atoms with Gasteiger partial charge in [-0.15, -0.1) is 0 Å². The minimum Gasteiger partial charge on any atom is -0.506 e. The summed E-state index contributed by atoms with van der Waals surface area (Å²) in [4.78, 5) is 26.2. The van der Waals surface area contributed by atoms with Crippen LogP contribution in [0.2, 0.25) is 0 Å². The number of carboxylic acids is 2. The van der Waals surface area contributed by atoms with Crippen molar-refractivity contribution >= 4 is 44.6 Å². The lowest BCUT2D eigenvalue weighted by molar-refractivity contribution is -0.139. The fourth-order valence-electron chi connectivity index (χ4n) is 4.40. The minimum absolute atomic E-state index is 0.0594. The second kappa shape index (κ2) is 10.2. The third kappa shape index (κ3) is 5.26. The van der Waals surface area contributed by atoms with Gasteiger partial charge in [0.1, 0.15) is 11.6 Å². The van der Waals surface area contributed by atoms with Crippen LogP contribution >= 0.6 is 15.9 Å². The highest BCUT2D eigenvalue weighted by molar-refractivity contribution is 9.10. The van der Waals surface area contributed by atoms with Gasteiger partial charge in [0.2, 0.25) is 0 Å². The molecule has 0 aliphatic heterocycles. The largest absolute Gasteiger partial charge is 0.506 e. The number of aromatic amines is 1. The van der Waals surface area contributed by atoms with Crippen LogP contribution in [0.4, 0.5) is 0 Å². The Morgan fingerprint density at radius 3 is 2.28 bits per heavy atom. The maximum absolute atomic E-state index is 11.4. The van der Waals surface area contributed by atoms with Gasteiger partial charge in [-0.05, 0) is 63.0 Å². The summed E-state index contributed by atoms with van der Waals surface area (Å²) in [6, 6.07) is 18.3. The molecule has 4 aromatic rings. The van der Waals surface area contributed by atoms with E-state index in [0.29, 0.717) is 33.3 Å². The normalized spacial score (nSPS) is 11.2. The number of aromatic nitrogens is 1. The number of aliphatic carboxylic acids is 2. The number of nitrogens with two attached hydrogens (primary N) is 1. The van der Waals surface area contributed by atoms with Gasteiger partial charge in [-0.1, -0.05) is 30.3 Å². The molecular weight excluding hydrogens is 526 g/mol. The molecule has 4 rings (SSSR count). The van der Waals surface area contributed by atoms with Crippen LogP contribution in [0.5, 0.6) is 5.75 Å². The summed E-state index contributed by atoms with van der Waals surface area (Å²) in [6.45, 7) is 0. The number of carbonyl (C=O) groups is 2. The number of amidine groups is 1. The molecule has 184 valence electrons. The highest BCUT2D eigenvalue weighted by Crippen LogP contribution is 2.43. The number of nitrogen functional groups attached to an aromatic ring is 1. The summed E-state index contributed by atoms with van der Waals surface area (Å²) in [5, 5.41) is 38.4. The van der Waals surface area contributed by atoms with Crippen molar-refractivity contribution < 1.29 is 24.9 Å². The van der Waals surface area contributed by atoms with Gasteiger partial charge in [0.05, 0.1) is 23.0 Å². The van der Waals surface area contributed by atoms with Crippen LogP contribution < -0.4 is 5.73 Å². The number of hydrogen-bond donors (Lipinski definition) is 6. The first kappa shape index (κ1) is 25.0. The lowest BCUT2D eigenvalue weighted by Crippen LogP contribution is -2.11. The number of aromatic hydroxyl groups is 1. The van der Waals surface area contributed by atoms with E-state index in [2.05, 4.69) is 20.9 Å². The number of nitrogens with one attached hydrogen (secondary N) is 2. The Balaban J connectivity index is 1.95. The molecule has 0 atom stereocenters. The first-order valence-corrected chi connectivity index (χ1v) is 11.9. The minimum atomic E-state index is -1.11. The number of H-pyrrole nitrogens is 1. The van der Waals surface area contributed by atoms with Crippen LogP contribution in [0.25, 0.3) is 22.2 Å². The zero-order valence-corrected chi connectivity index (χ0v) is 20.7. The zero-order chi connectivity index (χ0) is 26.0. The third-order valence-corrected chi connectivity index (χ3v) is 6.71. The van der Waals surface area contributed by atoms with Gasteiger partial charge < -0.3 is 26.0 Å². The molecule has 36 heavy (non-hydrogen) atoms. The van der Waals surface area contributed by atoms with E-state index in [4.69, 9.17) is 11.1 Å². The number of hydrogen-bond acceptors (Lipinski definition) is 4. The molecular formula is C27H24BrN3O5. The molecule has 0 spiro atoms. The van der Waals surface area contributed by atoms with Crippen LogP contribution in [0.3, 0.4) is 0 Å². The van der Waals surface area contributed by atoms with Crippen LogP contribution in [0.1, 0.15) is 41.0 Å². The number of fused-ring (bicyclic) bond motifs is 1. The molecule has 0 bridgehead atoms. The molecule has 1 heterocycles. The summed E-state index contributed by atoms with van der Waals surface area (Å²) in [7, 11) is 0. The maximum Gasteiger partial charge on any atom is 0.303 e. The maximum atomic E-state index is 11.4. The van der Waals surface area contributed by atoms with Crippen molar-refractivity contribution in [2.75, 3.05) is 0 Å². The van der Waals surface area contributed by atoms with Crippen LogP contribution in [-0.2, 0) is 16.0 Å². The molecule has 0 amide bonds. The number of carboxylic acid groups (broad SMARTS) is 2. The first-order chi connectivity index (χ1) is 17.1. The average molecular weight is 550 g/mol. The fraction of sp³-hybridized carbons (Fsp3) is 0.148. The second-order valence-corrected chi connectivity index (χ2v) is 9.46. The van der Waals surface area contributed by atoms with Crippen molar-refractivity contribution in [2.45, 2.75) is 25.2 Å². The molecule has 1 aromatic heterocycles. The SMILES string of the molecule is N=C(N)c1ccc2[nH]c(-c3cc(C(CC(=O)O)CC(=O)O)cc(Br)c3O)c(Cc3ccccc3)c2c1. The van der Waals surface area contributed by atoms with Gasteiger partial charge in [-0.2, -0.15) is 0 Å². The first-order valence-electron chi connectivity index (χ1n) is 11.1. The summed E-state index contributed by atoms with van der Waals surface area (Å²) >= 11 is 3.36. The standard InChI is InChI=1S/C27H24BrN3O5/c28-21-11-16(17(12-23(32)33)13-24(34)35)10-20(26(21)36)25-19(8-14-4-2-1-3-5-14)18-9-15(27(29)30)6-7-22(18)31-25/h1-7,9-11,17,31,36H,8,12-13H2,(H3,29,30)(H,32,33)(H,34,35). The molecule has 0 aliphatic rings. The topological polar surface area (TPSA) is 160 Å². The van der Waals surface area contributed by atoms with E-state index >= 15 is 0 Å². The average Bonchev–Trinajstić information content (AvgIpc) is 3.17. The Kier molecular flexibility index (Phi) is 7.12. The van der Waals surface area contributed by atoms with E-state index in [0.717, 1.165) is 22.0 Å². The highest BCUT2D eigenvalue weighted by Gasteiger charge is 2.24. The molecule has 9 heteroatoms. The Hall–Kier alpha value is -4.11. The van der Waals surface area contributed by atoms with E-state index < -0.39 is 17.9 Å². The molecule has 0 fully saturated rings. The fourth-order valence-corrected chi connectivity index (χ4v) is 4.88. The van der Waals surface area contributed by atoms with Gasteiger partial charge in [0.25, 0.3) is 0 Å². The number of rotatable bonds is 9. The monoisotopic (exact) mass is 549 g/mol. The molecule has 0 unspecified atom stereocenters. The van der Waals surface area contributed by atoms with E-state index in [1.165, 1.54) is 0 Å². The molecule has 0 saturated heterocycles. The highest BCUT2D eigenvalue weighted by atomic mass is 79.9. The molecule has 8 nitrogen and oxygen atoms in total. The smallest absolute Gasteiger partial charge is 0.303 e. The summed E-state index contributed by atoms with van der Waals surface area (Å²) in [5.74, 6) is -3.14. The molecule has 0 saturated carbocycles. The number of benzene rings is 3. The Morgan fingerprint density at radius 1 is 1.00 bits per heavy atom. The van der Waals surface area contributed by atoms with E-state index in [1.54, 1.807) is 18.2 Å². The van der Waals surface area contributed by atoms with E-state index in [-0.39, 0.29) is 24.4 Å². The third-order valence-electron chi connectivity index (χ3n) is 6.11. The summed E-state index contributed by atoms with van der Waals surface area (Å²) in [5.41, 5.74) is 10.4. The predicted molar refractivity (Wildman–Crippen MR) is 141 cm³/mol. The van der Waals surface area contributed by atoms with Crippen LogP contribution in [0.15, 0.2) is 65.1 Å². The van der Waals surface area contributed by atoms with Crippen molar-refractivity contribution in [1.82, 2.24) is 4.98 Å². The van der Waals surface area contributed by atoms with Crippen LogP contribution in [0, 0.1) is 5.41 Å². The van der Waals surface area contributed by atoms with Crippen molar-refractivity contribution in [3.05, 3.63) is 87.4 Å². The van der Waals surface area contributed by atoms with Crippen molar-refractivity contribution in [3.8, 4) is 17.0 Å². The van der Waals surface area contributed by atoms with Crippen molar-refractivity contribution in [2.24, 2.45) is 5.73 Å². The Morgan fingerprint density at radius 2 is 1.67 bits per heavy atom. The van der Waals surface area contributed by atoms with E-state index in [1.807, 2.05) is 42.5 Å². The van der Waals surface area contributed by atoms with Crippen molar-refractivity contribution in [3.63, 3.8) is 0 Å². The lowest BCUT2D eigenvalue weighted by atomic mass is 9.89. The summed E-state index contributed by atoms with van der Waals surface area (Å²) < 4.78 is 0.324. The predicted octanol–water partition coefficient (Wildman–Crippen LogP) is 5.21. The molecule has 3 aromatic carbocycles. The van der Waals surface area contributed by atoms with Gasteiger partial charge in [0.15, 0.2) is 0 Å².